The molecule has 0 bridgehead atoms. The zero-order chi connectivity index (χ0) is 48.5. The van der Waals surface area contributed by atoms with E-state index in [2.05, 4.69) is 26.0 Å². The summed E-state index contributed by atoms with van der Waals surface area (Å²) in [5, 5.41) is 0. The number of allylic oxidation sites excluding steroid dienone is 2. The van der Waals surface area contributed by atoms with Crippen molar-refractivity contribution in [2.24, 2.45) is 0 Å². The molecule has 0 heterocycles. The monoisotopic (exact) mass is 956 g/mol. The average Bonchev–Trinajstić information content (AvgIpc) is 3.27. The van der Waals surface area contributed by atoms with Crippen molar-refractivity contribution < 1.29 is 42.1 Å². The second-order valence-corrected chi connectivity index (χ2v) is 22.1. The predicted octanol–water partition coefficient (Wildman–Crippen LogP) is 16.6. The Labute approximate surface area is 409 Å². The summed E-state index contributed by atoms with van der Waals surface area (Å²) in [7, 11) is 1.17. The Morgan fingerprint density at radius 1 is 0.455 bits per heavy atom. The SMILES string of the molecule is CCCCC/C=C\CCCCCCCC(=O)OC(COC(=O)CCCCCCCCCCCCCCCCCCCCCCCCCCCCCCCC)COP(=O)([O-])OCC[N+](C)(C)C. The van der Waals surface area contributed by atoms with Crippen molar-refractivity contribution in [1.29, 1.82) is 0 Å². The van der Waals surface area contributed by atoms with Crippen molar-refractivity contribution in [3.05, 3.63) is 12.2 Å². The molecule has 0 spiro atoms. The maximum Gasteiger partial charge on any atom is 0.306 e. The van der Waals surface area contributed by atoms with Gasteiger partial charge in [0.15, 0.2) is 6.10 Å². The van der Waals surface area contributed by atoms with E-state index in [1.165, 1.54) is 193 Å². The molecule has 0 aliphatic heterocycles. The van der Waals surface area contributed by atoms with Crippen molar-refractivity contribution in [3.63, 3.8) is 0 Å². The summed E-state index contributed by atoms with van der Waals surface area (Å²) >= 11 is 0. The highest BCUT2D eigenvalue weighted by Crippen LogP contribution is 2.38. The summed E-state index contributed by atoms with van der Waals surface area (Å²) in [5.74, 6) is -0.830. The topological polar surface area (TPSA) is 111 Å². The molecule has 0 aromatic carbocycles. The number of hydrogen-bond donors (Lipinski definition) is 0. The van der Waals surface area contributed by atoms with E-state index >= 15 is 0 Å². The lowest BCUT2D eigenvalue weighted by Gasteiger charge is -2.28. The van der Waals surface area contributed by atoms with Gasteiger partial charge in [0.25, 0.3) is 7.82 Å². The molecule has 66 heavy (non-hydrogen) atoms. The van der Waals surface area contributed by atoms with Crippen molar-refractivity contribution >= 4 is 19.8 Å². The molecule has 0 amide bonds. The molecule has 0 aromatic heterocycles. The first-order valence-corrected chi connectivity index (χ1v) is 29.9. The predicted molar refractivity (Wildman–Crippen MR) is 278 cm³/mol. The van der Waals surface area contributed by atoms with E-state index < -0.39 is 26.5 Å². The Morgan fingerprint density at radius 2 is 0.773 bits per heavy atom. The molecule has 0 radical (unpaired) electrons. The van der Waals surface area contributed by atoms with Gasteiger partial charge in [-0.2, -0.15) is 0 Å². The molecule has 0 aromatic rings. The first-order chi connectivity index (χ1) is 32.0. The summed E-state index contributed by atoms with van der Waals surface area (Å²) in [6.45, 7) is 4.24. The minimum absolute atomic E-state index is 0.0291. The lowest BCUT2D eigenvalue weighted by atomic mass is 10.0. The Kier molecular flexibility index (Phi) is 47.8. The number of phosphoric ester groups is 1. The van der Waals surface area contributed by atoms with Gasteiger partial charge >= 0.3 is 11.9 Å². The normalized spacial score (nSPS) is 13.4. The first-order valence-electron chi connectivity index (χ1n) is 28.4. The summed E-state index contributed by atoms with van der Waals surface area (Å²) in [6, 6.07) is 0. The van der Waals surface area contributed by atoms with Gasteiger partial charge < -0.3 is 27.9 Å². The van der Waals surface area contributed by atoms with Crippen LogP contribution >= 0.6 is 7.82 Å². The van der Waals surface area contributed by atoms with Crippen LogP contribution in [0.3, 0.4) is 0 Å². The third-order valence-electron chi connectivity index (χ3n) is 12.8. The van der Waals surface area contributed by atoms with E-state index in [-0.39, 0.29) is 32.0 Å². The van der Waals surface area contributed by atoms with E-state index in [0.717, 1.165) is 57.8 Å². The number of phosphoric acid groups is 1. The summed E-state index contributed by atoms with van der Waals surface area (Å²) < 4.78 is 34.0. The lowest BCUT2D eigenvalue weighted by molar-refractivity contribution is -0.870. The minimum Gasteiger partial charge on any atom is -0.756 e. The van der Waals surface area contributed by atoms with Crippen LogP contribution in [0.25, 0.3) is 0 Å². The lowest BCUT2D eigenvalue weighted by Crippen LogP contribution is -2.37. The molecule has 0 saturated heterocycles. The van der Waals surface area contributed by atoms with Crippen LogP contribution in [-0.2, 0) is 32.7 Å². The Morgan fingerprint density at radius 3 is 1.15 bits per heavy atom. The number of unbranched alkanes of at least 4 members (excludes halogenated alkanes) is 37. The summed E-state index contributed by atoms with van der Waals surface area (Å²) in [5.41, 5.74) is 0. The Hall–Kier alpha value is -1.25. The Bertz CT molecular complexity index is 1130. The smallest absolute Gasteiger partial charge is 0.306 e. The van der Waals surface area contributed by atoms with E-state index in [9.17, 15) is 19.0 Å². The number of quaternary nitrogens is 1. The van der Waals surface area contributed by atoms with E-state index in [0.29, 0.717) is 17.4 Å². The van der Waals surface area contributed by atoms with Gasteiger partial charge in [0.1, 0.15) is 19.8 Å². The largest absolute Gasteiger partial charge is 0.756 e. The number of hydrogen-bond acceptors (Lipinski definition) is 8. The highest BCUT2D eigenvalue weighted by Gasteiger charge is 2.22. The molecule has 392 valence electrons. The van der Waals surface area contributed by atoms with Crippen LogP contribution in [0.1, 0.15) is 284 Å². The maximum absolute atomic E-state index is 12.7. The number of likely N-dealkylation sites (N-methyl/N-ethyl adjacent to an activating group) is 1. The van der Waals surface area contributed by atoms with E-state index in [1.807, 2.05) is 21.1 Å². The zero-order valence-electron chi connectivity index (χ0n) is 44.4. The fourth-order valence-electron chi connectivity index (χ4n) is 8.36. The molecule has 0 aliphatic carbocycles. The standard InChI is InChI=1S/C56H110NO8P/c1-6-8-10-12-14-16-18-20-21-22-23-24-25-26-27-28-29-30-31-32-33-34-35-36-37-39-40-42-44-46-48-55(58)62-52-54(53-64-66(60,61)63-51-50-57(3,4)5)65-56(59)49-47-45-43-41-38-19-17-15-13-11-9-7-2/h15,17,54H,6-14,16,18-53H2,1-5H3/b17-15-. The quantitative estimate of drug-likeness (QED) is 0.0195. The average molecular weight is 956 g/mol. The van der Waals surface area contributed by atoms with Crippen molar-refractivity contribution in [3.8, 4) is 0 Å². The Balaban J connectivity index is 3.96. The highest BCUT2D eigenvalue weighted by atomic mass is 31.2. The van der Waals surface area contributed by atoms with Gasteiger partial charge in [-0.15, -0.1) is 0 Å². The molecule has 0 aliphatic rings. The van der Waals surface area contributed by atoms with E-state index in [4.69, 9.17) is 18.5 Å². The molecular formula is C56H110NO8P. The highest BCUT2D eigenvalue weighted by molar-refractivity contribution is 7.45. The zero-order valence-corrected chi connectivity index (χ0v) is 45.3. The van der Waals surface area contributed by atoms with Gasteiger partial charge in [-0.1, -0.05) is 244 Å². The number of carbonyl (C=O) groups is 2. The van der Waals surface area contributed by atoms with Crippen LogP contribution in [-0.4, -0.2) is 70.0 Å². The first kappa shape index (κ1) is 64.8. The number of carbonyl (C=O) groups excluding carboxylic acids is 2. The number of esters is 2. The van der Waals surface area contributed by atoms with Crippen LogP contribution in [0.2, 0.25) is 0 Å². The number of rotatable bonds is 53. The van der Waals surface area contributed by atoms with Gasteiger partial charge in [0.2, 0.25) is 0 Å². The van der Waals surface area contributed by atoms with Crippen LogP contribution in [0.4, 0.5) is 0 Å². The molecule has 0 saturated carbocycles. The summed E-state index contributed by atoms with van der Waals surface area (Å²) in [6.07, 6.45) is 55.7. The van der Waals surface area contributed by atoms with Gasteiger partial charge in [0.05, 0.1) is 27.7 Å². The number of nitrogens with zero attached hydrogens (tertiary/aromatic N) is 1. The molecule has 2 unspecified atom stereocenters. The minimum atomic E-state index is -4.63. The maximum atomic E-state index is 12.7. The van der Waals surface area contributed by atoms with Crippen molar-refractivity contribution in [1.82, 2.24) is 0 Å². The summed E-state index contributed by atoms with van der Waals surface area (Å²) in [4.78, 5) is 37.7. The van der Waals surface area contributed by atoms with Gasteiger partial charge in [-0.25, -0.2) is 0 Å². The molecular weight excluding hydrogens is 846 g/mol. The van der Waals surface area contributed by atoms with Gasteiger partial charge in [-0.3, -0.25) is 14.2 Å². The van der Waals surface area contributed by atoms with Crippen molar-refractivity contribution in [2.45, 2.75) is 290 Å². The third-order valence-corrected chi connectivity index (χ3v) is 13.7. The van der Waals surface area contributed by atoms with Gasteiger partial charge in [0, 0.05) is 12.8 Å². The number of ether oxygens (including phenoxy) is 2. The van der Waals surface area contributed by atoms with Gasteiger partial charge in [-0.05, 0) is 38.5 Å². The second kappa shape index (κ2) is 48.8. The third kappa shape index (κ3) is 52.1. The van der Waals surface area contributed by atoms with Crippen LogP contribution in [0.15, 0.2) is 12.2 Å². The van der Waals surface area contributed by atoms with Crippen LogP contribution < -0.4 is 4.89 Å². The molecule has 0 fully saturated rings. The van der Waals surface area contributed by atoms with Crippen LogP contribution in [0.5, 0.6) is 0 Å². The van der Waals surface area contributed by atoms with Crippen LogP contribution in [0, 0.1) is 0 Å². The fraction of sp³-hybridized carbons (Fsp3) is 0.929. The van der Waals surface area contributed by atoms with Crippen molar-refractivity contribution in [2.75, 3.05) is 47.5 Å². The fourth-order valence-corrected chi connectivity index (χ4v) is 9.09. The second-order valence-electron chi connectivity index (χ2n) is 20.7. The molecule has 9 nitrogen and oxygen atoms in total. The molecule has 0 rings (SSSR count). The molecule has 0 N–H and O–H groups in total. The van der Waals surface area contributed by atoms with E-state index in [1.54, 1.807) is 0 Å². The molecule has 10 heteroatoms. The molecule has 2 atom stereocenters.